The van der Waals surface area contributed by atoms with Crippen LogP contribution in [0.25, 0.3) is 0 Å². The molecule has 94 valence electrons. The summed E-state index contributed by atoms with van der Waals surface area (Å²) in [7, 11) is 1.48. The predicted octanol–water partition coefficient (Wildman–Crippen LogP) is -0.655. The molecule has 0 aromatic rings. The number of methoxy groups -OCH3 is 1. The van der Waals surface area contributed by atoms with Gasteiger partial charge in [0.2, 0.25) is 0 Å². The van der Waals surface area contributed by atoms with Crippen LogP contribution in [0.5, 0.6) is 0 Å². The van der Waals surface area contributed by atoms with Crippen LogP contribution in [0.15, 0.2) is 0 Å². The highest BCUT2D eigenvalue weighted by molar-refractivity contribution is 5.74. The van der Waals surface area contributed by atoms with Crippen molar-refractivity contribution in [2.45, 2.75) is 37.0 Å². The molecule has 1 aliphatic rings. The van der Waals surface area contributed by atoms with Crippen molar-refractivity contribution in [2.75, 3.05) is 20.3 Å². The minimum Gasteiger partial charge on any atom is -0.480 e. The maximum atomic E-state index is 10.7. The molecule has 1 rings (SSSR count). The van der Waals surface area contributed by atoms with Crippen LogP contribution in [0, 0.1) is 0 Å². The molecule has 6 nitrogen and oxygen atoms in total. The molecule has 4 N–H and O–H groups in total. The van der Waals surface area contributed by atoms with E-state index in [0.29, 0.717) is 13.0 Å². The standard InChI is InChI=1S/C10H19NO5/c1-15-6-10(4-2-3-5-16-10)8(12)7(11)9(13)14/h7-8,12H,2-6,11H2,1H3,(H,13,14). The highest BCUT2D eigenvalue weighted by atomic mass is 16.5. The zero-order chi connectivity index (χ0) is 12.2. The first-order valence-corrected chi connectivity index (χ1v) is 5.33. The molecule has 0 radical (unpaired) electrons. The third-order valence-electron chi connectivity index (χ3n) is 2.94. The van der Waals surface area contributed by atoms with Gasteiger partial charge in [-0.2, -0.15) is 0 Å². The fourth-order valence-corrected chi connectivity index (χ4v) is 2.01. The third-order valence-corrected chi connectivity index (χ3v) is 2.94. The zero-order valence-corrected chi connectivity index (χ0v) is 9.39. The number of hydrogen-bond acceptors (Lipinski definition) is 5. The third kappa shape index (κ3) is 2.70. The normalized spacial score (nSPS) is 29.7. The summed E-state index contributed by atoms with van der Waals surface area (Å²) in [6.45, 7) is 0.641. The minimum absolute atomic E-state index is 0.148. The number of rotatable bonds is 5. The Bertz CT molecular complexity index is 234. The van der Waals surface area contributed by atoms with Crippen molar-refractivity contribution in [1.82, 2.24) is 0 Å². The van der Waals surface area contributed by atoms with E-state index in [1.807, 2.05) is 0 Å². The summed E-state index contributed by atoms with van der Waals surface area (Å²) in [5, 5.41) is 18.8. The van der Waals surface area contributed by atoms with Crippen LogP contribution in [-0.4, -0.2) is 54.3 Å². The van der Waals surface area contributed by atoms with E-state index in [1.165, 1.54) is 7.11 Å². The number of carboxylic acid groups (broad SMARTS) is 1. The van der Waals surface area contributed by atoms with Gasteiger partial charge in [0.15, 0.2) is 0 Å². The van der Waals surface area contributed by atoms with E-state index < -0.39 is 23.7 Å². The van der Waals surface area contributed by atoms with Gasteiger partial charge in [-0.25, -0.2) is 0 Å². The molecule has 1 fully saturated rings. The Labute approximate surface area is 94.3 Å². The highest BCUT2D eigenvalue weighted by Crippen LogP contribution is 2.30. The lowest BCUT2D eigenvalue weighted by Crippen LogP contribution is -2.60. The largest absolute Gasteiger partial charge is 0.480 e. The Kier molecular flexibility index (Phi) is 4.67. The number of nitrogens with two attached hydrogens (primary N) is 1. The van der Waals surface area contributed by atoms with Gasteiger partial charge in [-0.05, 0) is 19.3 Å². The topological polar surface area (TPSA) is 102 Å². The predicted molar refractivity (Wildman–Crippen MR) is 56.0 cm³/mol. The number of aliphatic carboxylic acids is 1. The maximum Gasteiger partial charge on any atom is 0.323 e. The quantitative estimate of drug-likeness (QED) is 0.583. The van der Waals surface area contributed by atoms with Gasteiger partial charge in [0, 0.05) is 13.7 Å². The molecule has 0 saturated carbocycles. The first-order valence-electron chi connectivity index (χ1n) is 5.33. The fourth-order valence-electron chi connectivity index (χ4n) is 2.01. The van der Waals surface area contributed by atoms with Gasteiger partial charge < -0.3 is 25.4 Å². The van der Waals surface area contributed by atoms with Crippen LogP contribution in [0.3, 0.4) is 0 Å². The summed E-state index contributed by atoms with van der Waals surface area (Å²) in [5.74, 6) is -1.24. The van der Waals surface area contributed by atoms with E-state index in [9.17, 15) is 9.90 Å². The Hall–Kier alpha value is -0.690. The maximum absolute atomic E-state index is 10.7. The average molecular weight is 233 g/mol. The van der Waals surface area contributed by atoms with E-state index in [2.05, 4.69) is 0 Å². The monoisotopic (exact) mass is 233 g/mol. The van der Waals surface area contributed by atoms with Gasteiger partial charge in [0.05, 0.1) is 6.61 Å². The molecule has 0 bridgehead atoms. The van der Waals surface area contributed by atoms with Crippen molar-refractivity contribution in [1.29, 1.82) is 0 Å². The lowest BCUT2D eigenvalue weighted by molar-refractivity contribution is -0.185. The molecule has 16 heavy (non-hydrogen) atoms. The summed E-state index contributed by atoms with van der Waals surface area (Å²) in [6.07, 6.45) is 1.07. The van der Waals surface area contributed by atoms with Crippen molar-refractivity contribution in [3.05, 3.63) is 0 Å². The Morgan fingerprint density at radius 2 is 2.31 bits per heavy atom. The zero-order valence-electron chi connectivity index (χ0n) is 9.39. The molecule has 0 spiro atoms. The first kappa shape index (κ1) is 13.4. The number of aliphatic hydroxyl groups excluding tert-OH is 1. The van der Waals surface area contributed by atoms with Crippen molar-refractivity contribution in [2.24, 2.45) is 5.73 Å². The molecule has 0 aromatic carbocycles. The molecule has 1 aliphatic heterocycles. The lowest BCUT2D eigenvalue weighted by atomic mass is 9.85. The first-order chi connectivity index (χ1) is 7.53. The number of aliphatic hydroxyl groups is 1. The molecular weight excluding hydrogens is 214 g/mol. The molecule has 1 heterocycles. The van der Waals surface area contributed by atoms with E-state index in [-0.39, 0.29) is 6.61 Å². The fraction of sp³-hybridized carbons (Fsp3) is 0.900. The van der Waals surface area contributed by atoms with Crippen LogP contribution in [-0.2, 0) is 14.3 Å². The van der Waals surface area contributed by atoms with Crippen LogP contribution in [0.2, 0.25) is 0 Å². The van der Waals surface area contributed by atoms with Crippen LogP contribution < -0.4 is 5.73 Å². The molecule has 0 aromatic heterocycles. The molecule has 1 saturated heterocycles. The second-order valence-corrected chi connectivity index (χ2v) is 4.11. The summed E-state index contributed by atoms with van der Waals surface area (Å²) >= 11 is 0. The Morgan fingerprint density at radius 3 is 2.75 bits per heavy atom. The van der Waals surface area contributed by atoms with Gasteiger partial charge in [-0.1, -0.05) is 0 Å². The lowest BCUT2D eigenvalue weighted by Gasteiger charge is -2.41. The van der Waals surface area contributed by atoms with E-state index >= 15 is 0 Å². The number of carboxylic acids is 1. The van der Waals surface area contributed by atoms with Gasteiger partial charge in [-0.3, -0.25) is 4.79 Å². The summed E-state index contributed by atoms with van der Waals surface area (Å²) < 4.78 is 10.5. The van der Waals surface area contributed by atoms with Gasteiger partial charge in [-0.15, -0.1) is 0 Å². The van der Waals surface area contributed by atoms with Crippen molar-refractivity contribution in [3.8, 4) is 0 Å². The summed E-state index contributed by atoms with van der Waals surface area (Å²) in [5.41, 5.74) is 4.44. The molecule has 3 unspecified atom stereocenters. The summed E-state index contributed by atoms with van der Waals surface area (Å²) in [6, 6.07) is -1.35. The number of ether oxygens (including phenoxy) is 2. The van der Waals surface area contributed by atoms with Crippen LogP contribution in [0.4, 0.5) is 0 Å². The molecule has 0 amide bonds. The van der Waals surface area contributed by atoms with Gasteiger partial charge >= 0.3 is 5.97 Å². The van der Waals surface area contributed by atoms with Crippen molar-refractivity contribution < 1.29 is 24.5 Å². The molecule has 6 heteroatoms. The van der Waals surface area contributed by atoms with Gasteiger partial charge in [0.25, 0.3) is 0 Å². The Balaban J connectivity index is 2.78. The SMILES string of the molecule is COCC1(C(O)C(N)C(=O)O)CCCCO1. The van der Waals surface area contributed by atoms with Crippen LogP contribution >= 0.6 is 0 Å². The highest BCUT2D eigenvalue weighted by Gasteiger charge is 2.45. The van der Waals surface area contributed by atoms with Crippen LogP contribution in [0.1, 0.15) is 19.3 Å². The summed E-state index contributed by atoms with van der Waals surface area (Å²) in [4.78, 5) is 10.7. The average Bonchev–Trinajstić information content (AvgIpc) is 2.28. The second-order valence-electron chi connectivity index (χ2n) is 4.11. The smallest absolute Gasteiger partial charge is 0.323 e. The van der Waals surface area contributed by atoms with E-state index in [4.69, 9.17) is 20.3 Å². The Morgan fingerprint density at radius 1 is 1.62 bits per heavy atom. The van der Waals surface area contributed by atoms with Crippen molar-refractivity contribution in [3.63, 3.8) is 0 Å². The van der Waals surface area contributed by atoms with Crippen molar-refractivity contribution >= 4 is 5.97 Å². The van der Waals surface area contributed by atoms with E-state index in [1.54, 1.807) is 0 Å². The number of carbonyl (C=O) groups is 1. The molecule has 3 atom stereocenters. The van der Waals surface area contributed by atoms with E-state index in [0.717, 1.165) is 12.8 Å². The van der Waals surface area contributed by atoms with Gasteiger partial charge in [0.1, 0.15) is 17.7 Å². The second kappa shape index (κ2) is 5.58. The molecular formula is C10H19NO5. The molecule has 0 aliphatic carbocycles. The minimum atomic E-state index is -1.35. The number of hydrogen-bond donors (Lipinski definition) is 3.